The number of amides is 1. The van der Waals surface area contributed by atoms with Gasteiger partial charge in [0.05, 0.1) is 11.6 Å². The summed E-state index contributed by atoms with van der Waals surface area (Å²) in [6.45, 7) is 2.86. The van der Waals surface area contributed by atoms with Crippen molar-refractivity contribution < 1.29 is 18.0 Å². The van der Waals surface area contributed by atoms with E-state index in [9.17, 15) is 18.0 Å². The van der Waals surface area contributed by atoms with Crippen LogP contribution in [-0.2, 0) is 11.0 Å². The van der Waals surface area contributed by atoms with Gasteiger partial charge in [0.2, 0.25) is 5.91 Å². The Hall–Kier alpha value is -1.56. The fourth-order valence-electron chi connectivity index (χ4n) is 2.67. The number of likely N-dealkylation sites (tertiary alicyclic amines) is 1. The number of carbonyl (C=O) groups is 1. The number of alkyl halides is 3. The Morgan fingerprint density at radius 2 is 1.76 bits per heavy atom. The van der Waals surface area contributed by atoms with Crippen LogP contribution in [0.15, 0.2) is 24.3 Å². The molecule has 1 atom stereocenters. The molecule has 1 aliphatic rings. The van der Waals surface area contributed by atoms with Gasteiger partial charge in [0, 0.05) is 13.1 Å². The molecule has 21 heavy (non-hydrogen) atoms. The Kier molecular flexibility index (Phi) is 4.56. The Balaban J connectivity index is 1.98. The molecular weight excluding hydrogens is 281 g/mol. The highest BCUT2D eigenvalue weighted by molar-refractivity contribution is 5.81. The number of piperidine rings is 1. The van der Waals surface area contributed by atoms with E-state index in [4.69, 9.17) is 5.73 Å². The highest BCUT2D eigenvalue weighted by Crippen LogP contribution is 2.32. The normalized spacial score (nSPS) is 18.6. The second-order valence-electron chi connectivity index (χ2n) is 5.51. The Morgan fingerprint density at radius 1 is 1.24 bits per heavy atom. The highest BCUT2D eigenvalue weighted by atomic mass is 19.4. The molecule has 1 heterocycles. The van der Waals surface area contributed by atoms with E-state index in [1.54, 1.807) is 11.8 Å². The molecule has 0 bridgehead atoms. The lowest BCUT2D eigenvalue weighted by atomic mass is 9.89. The third-order valence-corrected chi connectivity index (χ3v) is 3.91. The van der Waals surface area contributed by atoms with E-state index in [1.807, 2.05) is 0 Å². The third kappa shape index (κ3) is 3.75. The molecular formula is C15H19F3N2O. The van der Waals surface area contributed by atoms with E-state index in [0.29, 0.717) is 13.1 Å². The minimum absolute atomic E-state index is 0.0686. The summed E-state index contributed by atoms with van der Waals surface area (Å²) in [6.07, 6.45) is -2.79. The number of nitrogens with two attached hydrogens (primary N) is 1. The average Bonchev–Trinajstić information content (AvgIpc) is 2.46. The fraction of sp³-hybridized carbons (Fsp3) is 0.533. The molecule has 0 aromatic heterocycles. The number of halogens is 3. The molecule has 2 rings (SSSR count). The number of carbonyl (C=O) groups excluding carboxylic acids is 1. The smallest absolute Gasteiger partial charge is 0.341 e. The Bertz CT molecular complexity index is 489. The summed E-state index contributed by atoms with van der Waals surface area (Å²) in [5.41, 5.74) is 5.84. The zero-order chi connectivity index (χ0) is 15.6. The molecule has 6 heteroatoms. The Labute approximate surface area is 121 Å². The van der Waals surface area contributed by atoms with Crippen molar-refractivity contribution in [3.05, 3.63) is 35.4 Å². The van der Waals surface area contributed by atoms with Crippen molar-refractivity contribution >= 4 is 5.91 Å². The van der Waals surface area contributed by atoms with Crippen LogP contribution in [-0.4, -0.2) is 29.9 Å². The predicted molar refractivity (Wildman–Crippen MR) is 73.6 cm³/mol. The summed E-state index contributed by atoms with van der Waals surface area (Å²) in [5, 5.41) is 0. The number of hydrogen-bond acceptors (Lipinski definition) is 2. The maximum Gasteiger partial charge on any atom is 0.416 e. The van der Waals surface area contributed by atoms with Crippen LogP contribution in [0.2, 0.25) is 0 Å². The molecule has 0 spiro atoms. The second-order valence-corrected chi connectivity index (χ2v) is 5.51. The maximum absolute atomic E-state index is 12.5. The van der Waals surface area contributed by atoms with Gasteiger partial charge in [-0.1, -0.05) is 12.1 Å². The molecule has 1 unspecified atom stereocenters. The zero-order valence-electron chi connectivity index (χ0n) is 11.9. The predicted octanol–water partition coefficient (Wildman–Crippen LogP) is 2.76. The van der Waals surface area contributed by atoms with Crippen molar-refractivity contribution in [2.45, 2.75) is 37.9 Å². The van der Waals surface area contributed by atoms with E-state index in [-0.39, 0.29) is 11.8 Å². The number of benzene rings is 1. The minimum Gasteiger partial charge on any atom is -0.341 e. The lowest BCUT2D eigenvalue weighted by Gasteiger charge is -2.33. The van der Waals surface area contributed by atoms with Gasteiger partial charge in [0.15, 0.2) is 0 Å². The van der Waals surface area contributed by atoms with Crippen molar-refractivity contribution in [2.75, 3.05) is 13.1 Å². The van der Waals surface area contributed by atoms with Crippen LogP contribution in [0.25, 0.3) is 0 Å². The van der Waals surface area contributed by atoms with Crippen molar-refractivity contribution in [1.29, 1.82) is 0 Å². The molecule has 2 N–H and O–H groups in total. The Morgan fingerprint density at radius 3 is 2.19 bits per heavy atom. The van der Waals surface area contributed by atoms with Crippen molar-refractivity contribution in [3.8, 4) is 0 Å². The van der Waals surface area contributed by atoms with Crippen LogP contribution >= 0.6 is 0 Å². The van der Waals surface area contributed by atoms with Gasteiger partial charge in [-0.25, -0.2) is 0 Å². The van der Waals surface area contributed by atoms with E-state index in [2.05, 4.69) is 0 Å². The highest BCUT2D eigenvalue weighted by Gasteiger charge is 2.31. The van der Waals surface area contributed by atoms with Crippen LogP contribution in [0.5, 0.6) is 0 Å². The van der Waals surface area contributed by atoms with Crippen molar-refractivity contribution in [2.24, 2.45) is 5.73 Å². The number of nitrogens with zero attached hydrogens (tertiary/aromatic N) is 1. The number of rotatable bonds is 2. The van der Waals surface area contributed by atoms with Gasteiger partial charge in [-0.2, -0.15) is 13.2 Å². The first-order valence-electron chi connectivity index (χ1n) is 7.00. The topological polar surface area (TPSA) is 46.3 Å². The second kappa shape index (κ2) is 6.05. The van der Waals surface area contributed by atoms with Gasteiger partial charge < -0.3 is 10.6 Å². The van der Waals surface area contributed by atoms with E-state index in [1.165, 1.54) is 12.1 Å². The van der Waals surface area contributed by atoms with Crippen LogP contribution in [0.1, 0.15) is 36.8 Å². The lowest BCUT2D eigenvalue weighted by Crippen LogP contribution is -2.45. The fourth-order valence-corrected chi connectivity index (χ4v) is 2.67. The van der Waals surface area contributed by atoms with Crippen molar-refractivity contribution in [1.82, 2.24) is 4.90 Å². The molecule has 0 saturated carbocycles. The van der Waals surface area contributed by atoms with Crippen LogP contribution in [0.3, 0.4) is 0 Å². The standard InChI is InChI=1S/C15H19F3N2O/c1-10(19)14(21)20-8-6-12(7-9-20)11-2-4-13(5-3-11)15(16,17)18/h2-5,10,12H,6-9,19H2,1H3. The summed E-state index contributed by atoms with van der Waals surface area (Å²) in [7, 11) is 0. The summed E-state index contributed by atoms with van der Waals surface area (Å²) >= 11 is 0. The average molecular weight is 300 g/mol. The van der Waals surface area contributed by atoms with Crippen LogP contribution in [0.4, 0.5) is 13.2 Å². The first-order chi connectivity index (χ1) is 9.79. The van der Waals surface area contributed by atoms with Crippen molar-refractivity contribution in [3.63, 3.8) is 0 Å². The van der Waals surface area contributed by atoms with Gasteiger partial charge in [0.25, 0.3) is 0 Å². The quantitative estimate of drug-likeness (QED) is 0.913. The molecule has 1 saturated heterocycles. The lowest BCUT2D eigenvalue weighted by molar-refractivity contribution is -0.137. The molecule has 1 fully saturated rings. The van der Waals surface area contributed by atoms with Gasteiger partial charge in [-0.3, -0.25) is 4.79 Å². The van der Waals surface area contributed by atoms with E-state index >= 15 is 0 Å². The molecule has 1 aliphatic heterocycles. The monoisotopic (exact) mass is 300 g/mol. The maximum atomic E-state index is 12.5. The van der Waals surface area contributed by atoms with Gasteiger partial charge >= 0.3 is 6.18 Å². The molecule has 0 aliphatic carbocycles. The van der Waals surface area contributed by atoms with Crippen LogP contribution in [0, 0.1) is 0 Å². The van der Waals surface area contributed by atoms with Gasteiger partial charge in [-0.15, -0.1) is 0 Å². The summed E-state index contributed by atoms with van der Waals surface area (Å²) in [4.78, 5) is 13.5. The van der Waals surface area contributed by atoms with E-state index < -0.39 is 17.8 Å². The third-order valence-electron chi connectivity index (χ3n) is 3.91. The first-order valence-corrected chi connectivity index (χ1v) is 7.00. The van der Waals surface area contributed by atoms with Crippen LogP contribution < -0.4 is 5.73 Å². The summed E-state index contributed by atoms with van der Waals surface area (Å²) < 4.78 is 37.6. The first kappa shape index (κ1) is 15.8. The molecule has 1 amide bonds. The molecule has 0 radical (unpaired) electrons. The molecule has 1 aromatic rings. The molecule has 3 nitrogen and oxygen atoms in total. The number of hydrogen-bond donors (Lipinski definition) is 1. The molecule has 116 valence electrons. The zero-order valence-corrected chi connectivity index (χ0v) is 11.9. The van der Waals surface area contributed by atoms with Gasteiger partial charge in [-0.05, 0) is 43.4 Å². The minimum atomic E-state index is -4.30. The summed E-state index contributed by atoms with van der Waals surface area (Å²) in [6, 6.07) is 4.81. The molecule has 1 aromatic carbocycles. The summed E-state index contributed by atoms with van der Waals surface area (Å²) in [5.74, 6) is 0.130. The SMILES string of the molecule is CC(N)C(=O)N1CCC(c2ccc(C(F)(F)F)cc2)CC1. The van der Waals surface area contributed by atoms with E-state index in [0.717, 1.165) is 30.5 Å². The largest absolute Gasteiger partial charge is 0.416 e. The van der Waals surface area contributed by atoms with Gasteiger partial charge in [0.1, 0.15) is 0 Å².